The first kappa shape index (κ1) is 12.8. The summed E-state index contributed by atoms with van der Waals surface area (Å²) in [4.78, 5) is 0. The zero-order valence-electron chi connectivity index (χ0n) is 8.66. The summed E-state index contributed by atoms with van der Waals surface area (Å²) in [5.74, 6) is 0.106. The van der Waals surface area contributed by atoms with Crippen molar-refractivity contribution in [3.63, 3.8) is 0 Å². The van der Waals surface area contributed by atoms with Crippen molar-refractivity contribution < 1.29 is 13.9 Å². The van der Waals surface area contributed by atoms with Gasteiger partial charge in [0.05, 0.1) is 15.2 Å². The summed E-state index contributed by atoms with van der Waals surface area (Å²) in [6, 6.07) is 6.44. The highest BCUT2D eigenvalue weighted by molar-refractivity contribution is 9.10. The zero-order valence-corrected chi connectivity index (χ0v) is 11.8. The predicted octanol–water partition coefficient (Wildman–Crippen LogP) is 4.22. The first-order chi connectivity index (χ1) is 8.09. The van der Waals surface area contributed by atoms with E-state index in [1.807, 2.05) is 0 Å². The topological polar surface area (TPSA) is 33.4 Å². The lowest BCUT2D eigenvalue weighted by Crippen LogP contribution is -2.02. The van der Waals surface area contributed by atoms with E-state index in [9.17, 15) is 9.50 Å². The molecule has 0 saturated carbocycles. The standard InChI is InChI=1S/C12H9Br2FO2/c13-8-4-5-17-12(8)10(16)6-7-2-1-3-9(15)11(7)14/h1-5,10,16H,6H2. The molecule has 0 aliphatic carbocycles. The predicted molar refractivity (Wildman–Crippen MR) is 69.2 cm³/mol. The lowest BCUT2D eigenvalue weighted by molar-refractivity contribution is 0.149. The fourth-order valence-electron chi connectivity index (χ4n) is 1.55. The highest BCUT2D eigenvalue weighted by atomic mass is 79.9. The van der Waals surface area contributed by atoms with E-state index >= 15 is 0 Å². The number of halogens is 3. The van der Waals surface area contributed by atoms with E-state index in [1.54, 1.807) is 18.2 Å². The van der Waals surface area contributed by atoms with E-state index in [1.165, 1.54) is 12.3 Å². The average molecular weight is 364 g/mol. The van der Waals surface area contributed by atoms with Gasteiger partial charge in [0.25, 0.3) is 0 Å². The molecule has 0 spiro atoms. The SMILES string of the molecule is OC(Cc1cccc(F)c1Br)c1occc1Br. The third-order valence-electron chi connectivity index (χ3n) is 2.39. The minimum Gasteiger partial charge on any atom is -0.465 e. The molecule has 0 aliphatic heterocycles. The van der Waals surface area contributed by atoms with Crippen molar-refractivity contribution in [1.29, 1.82) is 0 Å². The molecule has 0 fully saturated rings. The molecule has 0 bridgehead atoms. The third-order valence-corrected chi connectivity index (χ3v) is 3.94. The summed E-state index contributed by atoms with van der Waals surface area (Å²) >= 11 is 6.44. The van der Waals surface area contributed by atoms with Crippen LogP contribution in [0.2, 0.25) is 0 Å². The Morgan fingerprint density at radius 3 is 2.71 bits per heavy atom. The first-order valence-corrected chi connectivity index (χ1v) is 6.52. The maximum atomic E-state index is 13.3. The number of furan rings is 1. The molecule has 1 aromatic heterocycles. The molecule has 5 heteroatoms. The smallest absolute Gasteiger partial charge is 0.146 e. The Bertz CT molecular complexity index is 525. The summed E-state index contributed by atoms with van der Waals surface area (Å²) in [6.45, 7) is 0. The molecule has 90 valence electrons. The van der Waals surface area contributed by atoms with Crippen molar-refractivity contribution in [2.75, 3.05) is 0 Å². The molecule has 1 atom stereocenters. The number of rotatable bonds is 3. The summed E-state index contributed by atoms with van der Waals surface area (Å²) in [5.41, 5.74) is 0.695. The molecule has 2 aromatic rings. The molecule has 0 radical (unpaired) electrons. The van der Waals surface area contributed by atoms with Gasteiger partial charge in [-0.3, -0.25) is 0 Å². The van der Waals surface area contributed by atoms with Crippen LogP contribution in [0.4, 0.5) is 4.39 Å². The number of hydrogen-bond donors (Lipinski definition) is 1. The van der Waals surface area contributed by atoms with Gasteiger partial charge in [0, 0.05) is 6.42 Å². The largest absolute Gasteiger partial charge is 0.465 e. The molecule has 2 rings (SSSR count). The van der Waals surface area contributed by atoms with E-state index in [0.717, 1.165) is 0 Å². The highest BCUT2D eigenvalue weighted by Crippen LogP contribution is 2.30. The summed E-state index contributed by atoms with van der Waals surface area (Å²) in [6.07, 6.45) is 0.964. The van der Waals surface area contributed by atoms with Gasteiger partial charge < -0.3 is 9.52 Å². The average Bonchev–Trinajstić information content (AvgIpc) is 2.71. The Kier molecular flexibility index (Phi) is 4.01. The van der Waals surface area contributed by atoms with Crippen LogP contribution >= 0.6 is 31.9 Å². The zero-order chi connectivity index (χ0) is 12.4. The molecule has 1 N–H and O–H groups in total. The molecule has 1 unspecified atom stereocenters. The van der Waals surface area contributed by atoms with Gasteiger partial charge in [0.1, 0.15) is 17.7 Å². The lowest BCUT2D eigenvalue weighted by atomic mass is 10.1. The van der Waals surface area contributed by atoms with E-state index < -0.39 is 6.10 Å². The Balaban J connectivity index is 2.22. The fourth-order valence-corrected chi connectivity index (χ4v) is 2.44. The van der Waals surface area contributed by atoms with Gasteiger partial charge >= 0.3 is 0 Å². The van der Waals surface area contributed by atoms with Gasteiger partial charge in [0.2, 0.25) is 0 Å². The number of aliphatic hydroxyl groups is 1. The van der Waals surface area contributed by atoms with Gasteiger partial charge in [-0.15, -0.1) is 0 Å². The maximum Gasteiger partial charge on any atom is 0.146 e. The van der Waals surface area contributed by atoms with Crippen molar-refractivity contribution in [1.82, 2.24) is 0 Å². The van der Waals surface area contributed by atoms with Crippen LogP contribution in [0.5, 0.6) is 0 Å². The number of hydrogen-bond acceptors (Lipinski definition) is 2. The van der Waals surface area contributed by atoms with Crippen LogP contribution < -0.4 is 0 Å². The van der Waals surface area contributed by atoms with E-state index in [2.05, 4.69) is 31.9 Å². The second-order valence-corrected chi connectivity index (χ2v) is 5.21. The highest BCUT2D eigenvalue weighted by Gasteiger charge is 2.17. The van der Waals surface area contributed by atoms with Crippen LogP contribution in [0.15, 0.2) is 43.9 Å². The van der Waals surface area contributed by atoms with Gasteiger partial charge in [-0.25, -0.2) is 4.39 Å². The van der Waals surface area contributed by atoms with Crippen LogP contribution in [0, 0.1) is 5.82 Å². The minimum atomic E-state index is -0.808. The third kappa shape index (κ3) is 2.78. The Morgan fingerprint density at radius 2 is 2.06 bits per heavy atom. The van der Waals surface area contributed by atoms with Crippen molar-refractivity contribution >= 4 is 31.9 Å². The Hall–Kier alpha value is -0.650. The molecular formula is C12H9Br2FO2. The number of benzene rings is 1. The monoisotopic (exact) mass is 362 g/mol. The molecule has 0 saturated heterocycles. The van der Waals surface area contributed by atoms with Crippen molar-refractivity contribution in [2.45, 2.75) is 12.5 Å². The molecule has 17 heavy (non-hydrogen) atoms. The fraction of sp³-hybridized carbons (Fsp3) is 0.167. The van der Waals surface area contributed by atoms with Crippen LogP contribution in [0.25, 0.3) is 0 Å². The van der Waals surface area contributed by atoms with Gasteiger partial charge in [-0.2, -0.15) is 0 Å². The van der Waals surface area contributed by atoms with Crippen molar-refractivity contribution in [3.05, 3.63) is 56.6 Å². The maximum absolute atomic E-state index is 13.3. The molecular weight excluding hydrogens is 355 g/mol. The second-order valence-electron chi connectivity index (χ2n) is 3.57. The second kappa shape index (κ2) is 5.33. The van der Waals surface area contributed by atoms with Gasteiger partial charge in [0.15, 0.2) is 0 Å². The summed E-state index contributed by atoms with van der Waals surface area (Å²) in [5, 5.41) is 9.99. The van der Waals surface area contributed by atoms with Gasteiger partial charge in [-0.05, 0) is 49.6 Å². The van der Waals surface area contributed by atoms with Crippen LogP contribution in [-0.4, -0.2) is 5.11 Å². The van der Waals surface area contributed by atoms with Crippen LogP contribution in [0.1, 0.15) is 17.4 Å². The Morgan fingerprint density at radius 1 is 1.29 bits per heavy atom. The number of aliphatic hydroxyl groups excluding tert-OH is 1. The quantitative estimate of drug-likeness (QED) is 0.885. The van der Waals surface area contributed by atoms with Crippen LogP contribution in [-0.2, 0) is 6.42 Å². The van der Waals surface area contributed by atoms with Crippen molar-refractivity contribution in [3.8, 4) is 0 Å². The van der Waals surface area contributed by atoms with Crippen molar-refractivity contribution in [2.24, 2.45) is 0 Å². The molecule has 0 aliphatic rings. The molecule has 1 heterocycles. The Labute approximate surface area is 115 Å². The normalized spacial score (nSPS) is 12.7. The first-order valence-electron chi connectivity index (χ1n) is 4.93. The van der Waals surface area contributed by atoms with Crippen LogP contribution in [0.3, 0.4) is 0 Å². The minimum absolute atomic E-state index is 0.282. The summed E-state index contributed by atoms with van der Waals surface area (Å²) < 4.78 is 19.5. The van der Waals surface area contributed by atoms with E-state index in [0.29, 0.717) is 20.3 Å². The van der Waals surface area contributed by atoms with Gasteiger partial charge in [-0.1, -0.05) is 12.1 Å². The van der Waals surface area contributed by atoms with E-state index in [-0.39, 0.29) is 12.2 Å². The molecule has 0 amide bonds. The van der Waals surface area contributed by atoms with E-state index in [4.69, 9.17) is 4.42 Å². The molecule has 1 aromatic carbocycles. The summed E-state index contributed by atoms with van der Waals surface area (Å²) in [7, 11) is 0. The molecule has 2 nitrogen and oxygen atoms in total. The lowest BCUT2D eigenvalue weighted by Gasteiger charge is -2.10.